The van der Waals surface area contributed by atoms with E-state index in [0.717, 1.165) is 6.42 Å². The first-order chi connectivity index (χ1) is 9.60. The molecule has 1 saturated carbocycles. The zero-order chi connectivity index (χ0) is 14.2. The minimum Gasteiger partial charge on any atom is -0.482 e. The van der Waals surface area contributed by atoms with Crippen LogP contribution in [0.2, 0.25) is 0 Å². The third-order valence-corrected chi connectivity index (χ3v) is 3.65. The van der Waals surface area contributed by atoms with Crippen LogP contribution in [-0.2, 0) is 6.61 Å². The Balaban J connectivity index is 1.66. The lowest BCUT2D eigenvalue weighted by Crippen LogP contribution is -1.97. The number of ether oxygens (including phenoxy) is 1. The van der Waals surface area contributed by atoms with E-state index in [1.807, 2.05) is 6.07 Å². The monoisotopic (exact) mass is 269 g/mol. The number of nitriles is 1. The van der Waals surface area contributed by atoms with Crippen molar-refractivity contribution in [2.45, 2.75) is 32.8 Å². The van der Waals surface area contributed by atoms with Crippen LogP contribution in [0, 0.1) is 16.7 Å². The molecule has 0 bridgehead atoms. The molecule has 2 aromatic rings. The van der Waals surface area contributed by atoms with Crippen LogP contribution >= 0.6 is 0 Å². The molecule has 1 atom stereocenters. The maximum Gasteiger partial charge on any atom is 0.253 e. The standard InChI is InChI=1S/C15H15N3O2/c1-15(2)7-11(15)14-18-17-13(20-14)9-19-12-6-4-3-5-10(12)8-16/h3-6,11H,7,9H2,1-2H3. The van der Waals surface area contributed by atoms with Crippen molar-refractivity contribution in [3.05, 3.63) is 41.6 Å². The summed E-state index contributed by atoms with van der Waals surface area (Å²) in [5, 5.41) is 17.0. The van der Waals surface area contributed by atoms with Crippen LogP contribution in [0.3, 0.4) is 0 Å². The minimum atomic E-state index is 0.179. The first-order valence-corrected chi connectivity index (χ1v) is 6.54. The van der Waals surface area contributed by atoms with Crippen LogP contribution in [0.5, 0.6) is 5.75 Å². The van der Waals surface area contributed by atoms with Crippen molar-refractivity contribution >= 4 is 0 Å². The Labute approximate surface area is 117 Å². The Bertz CT molecular complexity index is 670. The zero-order valence-corrected chi connectivity index (χ0v) is 11.5. The third kappa shape index (κ3) is 2.37. The Morgan fingerprint density at radius 3 is 2.85 bits per heavy atom. The van der Waals surface area contributed by atoms with Gasteiger partial charge in [0, 0.05) is 5.92 Å². The van der Waals surface area contributed by atoms with E-state index in [0.29, 0.717) is 29.0 Å². The summed E-state index contributed by atoms with van der Waals surface area (Å²) in [6.45, 7) is 4.54. The summed E-state index contributed by atoms with van der Waals surface area (Å²) in [5.41, 5.74) is 0.758. The van der Waals surface area contributed by atoms with Gasteiger partial charge in [-0.3, -0.25) is 0 Å². The van der Waals surface area contributed by atoms with Crippen molar-refractivity contribution in [2.24, 2.45) is 5.41 Å². The molecule has 1 heterocycles. The first kappa shape index (κ1) is 12.7. The molecule has 0 radical (unpaired) electrons. The normalized spacial score (nSPS) is 19.4. The van der Waals surface area contributed by atoms with Gasteiger partial charge in [0.15, 0.2) is 6.61 Å². The van der Waals surface area contributed by atoms with Crippen LogP contribution in [0.25, 0.3) is 0 Å². The van der Waals surface area contributed by atoms with E-state index in [9.17, 15) is 0 Å². The van der Waals surface area contributed by atoms with E-state index in [2.05, 4.69) is 30.1 Å². The molecule has 0 amide bonds. The summed E-state index contributed by atoms with van der Waals surface area (Å²) in [6.07, 6.45) is 1.08. The van der Waals surface area contributed by atoms with Gasteiger partial charge in [0.05, 0.1) is 5.56 Å². The van der Waals surface area contributed by atoms with Gasteiger partial charge in [0.25, 0.3) is 5.89 Å². The molecule has 5 heteroatoms. The number of rotatable bonds is 4. The second kappa shape index (κ2) is 4.64. The van der Waals surface area contributed by atoms with Gasteiger partial charge in [-0.05, 0) is 24.0 Å². The molecule has 20 heavy (non-hydrogen) atoms. The van der Waals surface area contributed by atoms with E-state index in [1.165, 1.54) is 0 Å². The quantitative estimate of drug-likeness (QED) is 0.853. The lowest BCUT2D eigenvalue weighted by molar-refractivity contribution is 0.257. The van der Waals surface area contributed by atoms with E-state index < -0.39 is 0 Å². The Hall–Kier alpha value is -2.35. The molecular formula is C15H15N3O2. The summed E-state index contributed by atoms with van der Waals surface area (Å²) in [6, 6.07) is 9.16. The molecule has 102 valence electrons. The molecule has 1 fully saturated rings. The van der Waals surface area contributed by atoms with Gasteiger partial charge in [-0.2, -0.15) is 5.26 Å². The summed E-state index contributed by atoms with van der Waals surface area (Å²) < 4.78 is 11.2. The van der Waals surface area contributed by atoms with Crippen molar-refractivity contribution in [3.8, 4) is 11.8 Å². The lowest BCUT2D eigenvalue weighted by Gasteiger charge is -2.04. The Kier molecular flexibility index (Phi) is 2.94. The van der Waals surface area contributed by atoms with Crippen molar-refractivity contribution in [3.63, 3.8) is 0 Å². The van der Waals surface area contributed by atoms with Crippen molar-refractivity contribution < 1.29 is 9.15 Å². The SMILES string of the molecule is CC1(C)CC1c1nnc(COc2ccccc2C#N)o1. The first-order valence-electron chi connectivity index (χ1n) is 6.54. The molecule has 1 aromatic heterocycles. The zero-order valence-electron chi connectivity index (χ0n) is 11.5. The summed E-state index contributed by atoms with van der Waals surface area (Å²) in [5.74, 6) is 2.01. The topological polar surface area (TPSA) is 71.9 Å². The van der Waals surface area contributed by atoms with E-state index in [-0.39, 0.29) is 12.0 Å². The Morgan fingerprint density at radius 1 is 1.40 bits per heavy atom. The summed E-state index contributed by atoms with van der Waals surface area (Å²) in [7, 11) is 0. The minimum absolute atomic E-state index is 0.179. The second-order valence-corrected chi connectivity index (χ2v) is 5.68. The maximum atomic E-state index is 8.98. The molecule has 0 aliphatic heterocycles. The fourth-order valence-electron chi connectivity index (χ4n) is 2.18. The predicted molar refractivity (Wildman–Crippen MR) is 70.9 cm³/mol. The average molecular weight is 269 g/mol. The van der Waals surface area contributed by atoms with Crippen LogP contribution in [0.4, 0.5) is 0 Å². The van der Waals surface area contributed by atoms with Gasteiger partial charge in [0.2, 0.25) is 5.89 Å². The summed E-state index contributed by atoms with van der Waals surface area (Å²) in [4.78, 5) is 0. The Morgan fingerprint density at radius 2 is 2.15 bits per heavy atom. The van der Waals surface area contributed by atoms with E-state index in [4.69, 9.17) is 14.4 Å². The largest absolute Gasteiger partial charge is 0.482 e. The van der Waals surface area contributed by atoms with Crippen LogP contribution < -0.4 is 4.74 Å². The fourth-order valence-corrected chi connectivity index (χ4v) is 2.18. The fraction of sp³-hybridized carbons (Fsp3) is 0.400. The highest BCUT2D eigenvalue weighted by molar-refractivity contribution is 5.42. The third-order valence-electron chi connectivity index (χ3n) is 3.65. The lowest BCUT2D eigenvalue weighted by atomic mass is 10.1. The number of aromatic nitrogens is 2. The molecule has 3 rings (SSSR count). The highest BCUT2D eigenvalue weighted by atomic mass is 16.5. The molecular weight excluding hydrogens is 254 g/mol. The molecule has 1 unspecified atom stereocenters. The number of hydrogen-bond donors (Lipinski definition) is 0. The van der Waals surface area contributed by atoms with Gasteiger partial charge in [0.1, 0.15) is 11.8 Å². The number of benzene rings is 1. The summed E-state index contributed by atoms with van der Waals surface area (Å²) >= 11 is 0. The second-order valence-electron chi connectivity index (χ2n) is 5.68. The van der Waals surface area contributed by atoms with Crippen molar-refractivity contribution in [2.75, 3.05) is 0 Å². The van der Waals surface area contributed by atoms with Gasteiger partial charge in [-0.25, -0.2) is 0 Å². The molecule has 1 aliphatic rings. The molecule has 0 spiro atoms. The molecule has 5 nitrogen and oxygen atoms in total. The van der Waals surface area contributed by atoms with E-state index >= 15 is 0 Å². The maximum absolute atomic E-state index is 8.98. The smallest absolute Gasteiger partial charge is 0.253 e. The molecule has 0 N–H and O–H groups in total. The molecule has 0 saturated heterocycles. The number of para-hydroxylation sites is 1. The van der Waals surface area contributed by atoms with Gasteiger partial charge in [-0.1, -0.05) is 26.0 Å². The van der Waals surface area contributed by atoms with Gasteiger partial charge in [-0.15, -0.1) is 10.2 Å². The van der Waals surface area contributed by atoms with Gasteiger partial charge < -0.3 is 9.15 Å². The van der Waals surface area contributed by atoms with Crippen LogP contribution in [-0.4, -0.2) is 10.2 Å². The number of hydrogen-bond acceptors (Lipinski definition) is 5. The van der Waals surface area contributed by atoms with Crippen molar-refractivity contribution in [1.29, 1.82) is 5.26 Å². The van der Waals surface area contributed by atoms with Crippen molar-refractivity contribution in [1.82, 2.24) is 10.2 Å². The van der Waals surface area contributed by atoms with Crippen LogP contribution in [0.15, 0.2) is 28.7 Å². The molecule has 1 aromatic carbocycles. The highest BCUT2D eigenvalue weighted by Gasteiger charge is 2.50. The average Bonchev–Trinajstić information content (AvgIpc) is 2.88. The predicted octanol–water partition coefficient (Wildman–Crippen LogP) is 3.03. The highest BCUT2D eigenvalue weighted by Crippen LogP contribution is 2.58. The van der Waals surface area contributed by atoms with Crippen LogP contribution in [0.1, 0.15) is 43.5 Å². The van der Waals surface area contributed by atoms with Gasteiger partial charge >= 0.3 is 0 Å². The number of nitrogens with zero attached hydrogens (tertiary/aromatic N) is 3. The van der Waals surface area contributed by atoms with E-state index in [1.54, 1.807) is 18.2 Å². The molecule has 1 aliphatic carbocycles.